The van der Waals surface area contributed by atoms with Crippen molar-refractivity contribution in [3.63, 3.8) is 0 Å². The highest BCUT2D eigenvalue weighted by Crippen LogP contribution is 2.33. The molecule has 35 heavy (non-hydrogen) atoms. The Bertz CT molecular complexity index is 1550. The van der Waals surface area contributed by atoms with Gasteiger partial charge in [-0.3, -0.25) is 9.59 Å². The van der Waals surface area contributed by atoms with E-state index in [1.54, 1.807) is 6.07 Å². The third-order valence-electron chi connectivity index (χ3n) is 6.57. The van der Waals surface area contributed by atoms with Gasteiger partial charge in [-0.15, -0.1) is 0 Å². The summed E-state index contributed by atoms with van der Waals surface area (Å²) in [5, 5.41) is 1.69. The number of unbranched alkanes of at least 4 members (excludes halogenated alkanes) is 1. The van der Waals surface area contributed by atoms with Crippen LogP contribution in [0.3, 0.4) is 0 Å². The fourth-order valence-electron chi connectivity index (χ4n) is 4.79. The van der Waals surface area contributed by atoms with E-state index in [0.717, 1.165) is 46.6 Å². The predicted octanol–water partition coefficient (Wildman–Crippen LogP) is 6.32. The van der Waals surface area contributed by atoms with Crippen LogP contribution in [0.5, 0.6) is 0 Å². The van der Waals surface area contributed by atoms with Crippen molar-refractivity contribution in [1.82, 2.24) is 4.57 Å². The second-order valence-electron chi connectivity index (χ2n) is 8.87. The van der Waals surface area contributed by atoms with Crippen molar-refractivity contribution in [3.05, 3.63) is 119 Å². The van der Waals surface area contributed by atoms with Crippen molar-refractivity contribution in [2.24, 2.45) is 5.73 Å². The molecule has 1 amide bonds. The Balaban J connectivity index is 1.70. The molecule has 0 unspecified atom stereocenters. The lowest BCUT2D eigenvalue weighted by atomic mass is 9.98. The molecule has 0 saturated heterocycles. The third-order valence-corrected chi connectivity index (χ3v) is 6.57. The predicted molar refractivity (Wildman–Crippen MR) is 141 cm³/mol. The number of amides is 1. The zero-order valence-electron chi connectivity index (χ0n) is 19.8. The molecule has 0 aliphatic heterocycles. The highest BCUT2D eigenvalue weighted by molar-refractivity contribution is 6.18. The van der Waals surface area contributed by atoms with E-state index in [1.807, 2.05) is 72.8 Å². The van der Waals surface area contributed by atoms with Gasteiger partial charge in [0.15, 0.2) is 5.78 Å². The summed E-state index contributed by atoms with van der Waals surface area (Å²) in [7, 11) is 0. The Hall–Kier alpha value is -4.18. The van der Waals surface area contributed by atoms with E-state index in [4.69, 9.17) is 5.73 Å². The number of hydrogen-bond acceptors (Lipinski definition) is 2. The SMILES string of the molecule is CCCCc1c[c]c2c3c(C(N)=O)cccc3n(Cc3ccccc3C(=O)c3ccccc3)c2c1. The van der Waals surface area contributed by atoms with Gasteiger partial charge in [-0.2, -0.15) is 0 Å². The summed E-state index contributed by atoms with van der Waals surface area (Å²) in [6.45, 7) is 2.67. The number of aromatic nitrogens is 1. The van der Waals surface area contributed by atoms with E-state index in [0.29, 0.717) is 23.2 Å². The first-order chi connectivity index (χ1) is 17.1. The van der Waals surface area contributed by atoms with Crippen LogP contribution in [0.4, 0.5) is 0 Å². The minimum Gasteiger partial charge on any atom is -0.366 e. The maximum atomic E-state index is 13.4. The molecule has 0 aliphatic rings. The number of primary amides is 1. The molecule has 1 radical (unpaired) electrons. The van der Waals surface area contributed by atoms with Crippen LogP contribution in [0.15, 0.2) is 84.9 Å². The molecule has 5 aromatic rings. The van der Waals surface area contributed by atoms with Crippen LogP contribution < -0.4 is 5.73 Å². The Morgan fingerprint density at radius 2 is 1.63 bits per heavy atom. The molecular weight excluding hydrogens is 432 g/mol. The van der Waals surface area contributed by atoms with Crippen LogP contribution in [0.1, 0.15) is 57.2 Å². The van der Waals surface area contributed by atoms with Crippen LogP contribution in [-0.2, 0) is 13.0 Å². The first-order valence-electron chi connectivity index (χ1n) is 12.0. The number of nitrogens with two attached hydrogens (primary N) is 1. The molecule has 4 heteroatoms. The van der Waals surface area contributed by atoms with Gasteiger partial charge in [-0.05, 0) is 48.2 Å². The highest BCUT2D eigenvalue weighted by atomic mass is 16.1. The van der Waals surface area contributed by atoms with E-state index < -0.39 is 5.91 Å². The quantitative estimate of drug-likeness (QED) is 0.276. The monoisotopic (exact) mass is 459 g/mol. The number of ketones is 1. The smallest absolute Gasteiger partial charge is 0.249 e. The number of aryl methyl sites for hydroxylation is 1. The van der Waals surface area contributed by atoms with Gasteiger partial charge in [0.1, 0.15) is 0 Å². The average Bonchev–Trinajstić information content (AvgIpc) is 3.20. The summed E-state index contributed by atoms with van der Waals surface area (Å²) in [4.78, 5) is 25.7. The van der Waals surface area contributed by atoms with Crippen LogP contribution >= 0.6 is 0 Å². The summed E-state index contributed by atoms with van der Waals surface area (Å²) in [6.07, 6.45) is 3.18. The molecule has 0 spiro atoms. The minimum absolute atomic E-state index is 0.00464. The normalized spacial score (nSPS) is 11.2. The van der Waals surface area contributed by atoms with Gasteiger partial charge in [-0.25, -0.2) is 0 Å². The van der Waals surface area contributed by atoms with E-state index in [9.17, 15) is 9.59 Å². The molecule has 0 saturated carbocycles. The molecule has 4 nitrogen and oxygen atoms in total. The molecule has 2 N–H and O–H groups in total. The Morgan fingerprint density at radius 3 is 2.40 bits per heavy atom. The maximum Gasteiger partial charge on any atom is 0.249 e. The number of rotatable bonds is 8. The Labute approximate surface area is 205 Å². The van der Waals surface area contributed by atoms with Crippen LogP contribution in [0.2, 0.25) is 0 Å². The second-order valence-corrected chi connectivity index (χ2v) is 8.87. The average molecular weight is 460 g/mol. The topological polar surface area (TPSA) is 65.1 Å². The number of nitrogens with zero attached hydrogens (tertiary/aromatic N) is 1. The zero-order valence-corrected chi connectivity index (χ0v) is 19.8. The van der Waals surface area contributed by atoms with Gasteiger partial charge in [-0.1, -0.05) is 80.1 Å². The van der Waals surface area contributed by atoms with Gasteiger partial charge in [0, 0.05) is 34.0 Å². The first-order valence-corrected chi connectivity index (χ1v) is 12.0. The lowest BCUT2D eigenvalue weighted by Gasteiger charge is -2.13. The molecule has 0 aliphatic carbocycles. The van der Waals surface area contributed by atoms with Crippen LogP contribution in [0, 0.1) is 6.07 Å². The van der Waals surface area contributed by atoms with Crippen molar-refractivity contribution in [1.29, 1.82) is 0 Å². The highest BCUT2D eigenvalue weighted by Gasteiger charge is 2.19. The standard InChI is InChI=1S/C31H27N2O2/c1-2-3-10-21-17-18-25-28(19-21)33(27-16-9-15-26(29(25)27)31(32)35)20-23-13-7-8-14-24(23)30(34)22-11-5-4-6-12-22/h4-9,11-17,19H,2-3,10,20H2,1H3,(H2,32,35). The fourth-order valence-corrected chi connectivity index (χ4v) is 4.79. The summed E-state index contributed by atoms with van der Waals surface area (Å²) >= 11 is 0. The van der Waals surface area contributed by atoms with Gasteiger partial charge in [0.25, 0.3) is 0 Å². The molecule has 0 fully saturated rings. The molecule has 5 rings (SSSR count). The molecule has 1 aromatic heterocycles. The van der Waals surface area contributed by atoms with E-state index >= 15 is 0 Å². The Kier molecular flexibility index (Phi) is 6.19. The van der Waals surface area contributed by atoms with Crippen molar-refractivity contribution in [2.45, 2.75) is 32.7 Å². The van der Waals surface area contributed by atoms with E-state index in [-0.39, 0.29) is 5.78 Å². The van der Waals surface area contributed by atoms with Gasteiger partial charge in [0.2, 0.25) is 5.91 Å². The molecular formula is C31H27N2O2. The van der Waals surface area contributed by atoms with Gasteiger partial charge >= 0.3 is 0 Å². The first kappa shape index (κ1) is 22.6. The summed E-state index contributed by atoms with van der Waals surface area (Å²) < 4.78 is 2.18. The largest absolute Gasteiger partial charge is 0.366 e. The minimum atomic E-state index is -0.460. The lowest BCUT2D eigenvalue weighted by Crippen LogP contribution is -2.11. The maximum absolute atomic E-state index is 13.4. The fraction of sp³-hybridized carbons (Fsp3) is 0.161. The van der Waals surface area contributed by atoms with E-state index in [2.05, 4.69) is 23.6 Å². The summed E-state index contributed by atoms with van der Waals surface area (Å²) in [5.41, 5.74) is 11.6. The number of fused-ring (bicyclic) bond motifs is 3. The second kappa shape index (κ2) is 9.59. The lowest BCUT2D eigenvalue weighted by molar-refractivity contribution is 0.1000. The summed E-state index contributed by atoms with van der Waals surface area (Å²) in [6, 6.07) is 30.3. The third kappa shape index (κ3) is 4.24. The number of hydrogen-bond donors (Lipinski definition) is 1. The van der Waals surface area contributed by atoms with Gasteiger partial charge in [0.05, 0.1) is 11.0 Å². The van der Waals surface area contributed by atoms with Crippen molar-refractivity contribution in [2.75, 3.05) is 0 Å². The number of carbonyl (C=O) groups is 2. The molecule has 4 aromatic carbocycles. The van der Waals surface area contributed by atoms with Crippen molar-refractivity contribution < 1.29 is 9.59 Å². The van der Waals surface area contributed by atoms with Crippen molar-refractivity contribution >= 4 is 33.5 Å². The molecule has 173 valence electrons. The summed E-state index contributed by atoms with van der Waals surface area (Å²) in [5.74, 6) is -0.465. The number of carbonyl (C=O) groups excluding carboxylic acids is 2. The van der Waals surface area contributed by atoms with E-state index in [1.165, 1.54) is 5.56 Å². The van der Waals surface area contributed by atoms with Crippen molar-refractivity contribution in [3.8, 4) is 0 Å². The Morgan fingerprint density at radius 1 is 0.886 bits per heavy atom. The van der Waals surface area contributed by atoms with Gasteiger partial charge < -0.3 is 10.3 Å². The zero-order chi connectivity index (χ0) is 24.4. The number of benzene rings is 4. The molecule has 0 atom stereocenters. The van der Waals surface area contributed by atoms with Crippen LogP contribution in [-0.4, -0.2) is 16.3 Å². The molecule has 1 heterocycles. The molecule has 0 bridgehead atoms. The van der Waals surface area contributed by atoms with Crippen LogP contribution in [0.25, 0.3) is 21.8 Å².